The van der Waals surface area contributed by atoms with Crippen LogP contribution in [-0.4, -0.2) is 28.9 Å². The molecular formula is C6H8N2O4. The van der Waals surface area contributed by atoms with E-state index in [-0.39, 0.29) is 18.1 Å². The predicted octanol–water partition coefficient (Wildman–Crippen LogP) is -0.0593. The maximum atomic E-state index is 10.7. The Labute approximate surface area is 68.5 Å². The lowest BCUT2D eigenvalue weighted by Gasteiger charge is -2.08. The number of carbonyl (C=O) groups excluding carboxylic acids is 1. The van der Waals surface area contributed by atoms with E-state index in [4.69, 9.17) is 4.84 Å². The van der Waals surface area contributed by atoms with E-state index in [2.05, 4.69) is 0 Å². The third-order valence-corrected chi connectivity index (χ3v) is 1.32. The van der Waals surface area contributed by atoms with E-state index < -0.39 is 4.92 Å². The second kappa shape index (κ2) is 3.31. The zero-order valence-corrected chi connectivity index (χ0v) is 6.52. The highest BCUT2D eigenvalue weighted by Gasteiger charge is 2.32. The van der Waals surface area contributed by atoms with Crippen LogP contribution in [-0.2, 0) is 9.63 Å². The quantitative estimate of drug-likeness (QED) is 0.440. The molecule has 0 saturated carbocycles. The molecule has 0 aromatic heterocycles. The van der Waals surface area contributed by atoms with Crippen molar-refractivity contribution in [2.75, 3.05) is 13.2 Å². The van der Waals surface area contributed by atoms with Crippen LogP contribution in [0.5, 0.6) is 0 Å². The third kappa shape index (κ3) is 1.59. The molecule has 0 radical (unpaired) electrons. The van der Waals surface area contributed by atoms with Gasteiger partial charge in [0.05, 0.1) is 12.7 Å². The lowest BCUT2D eigenvalue weighted by molar-refractivity contribution is -0.465. The van der Waals surface area contributed by atoms with Crippen LogP contribution in [0.1, 0.15) is 6.92 Å². The maximum Gasteiger partial charge on any atom is 0.352 e. The van der Waals surface area contributed by atoms with Gasteiger partial charge in [-0.05, 0) is 11.8 Å². The molecule has 66 valence electrons. The van der Waals surface area contributed by atoms with E-state index in [0.29, 0.717) is 6.61 Å². The summed E-state index contributed by atoms with van der Waals surface area (Å²) in [4.78, 5) is 25.2. The van der Waals surface area contributed by atoms with Crippen molar-refractivity contribution < 1.29 is 14.6 Å². The topological polar surface area (TPSA) is 72.7 Å². The van der Waals surface area contributed by atoms with Gasteiger partial charge in [0.1, 0.15) is 0 Å². The molecular weight excluding hydrogens is 164 g/mol. The molecule has 0 aromatic carbocycles. The summed E-state index contributed by atoms with van der Waals surface area (Å²) in [5.74, 6) is -0.600. The van der Waals surface area contributed by atoms with Crippen LogP contribution in [0.25, 0.3) is 0 Å². The molecule has 0 aromatic rings. The van der Waals surface area contributed by atoms with Crippen molar-refractivity contribution in [3.05, 3.63) is 22.0 Å². The number of hydrogen-bond donors (Lipinski definition) is 0. The zero-order chi connectivity index (χ0) is 9.14. The second-order valence-electron chi connectivity index (χ2n) is 2.18. The van der Waals surface area contributed by atoms with E-state index in [1.54, 1.807) is 6.92 Å². The van der Waals surface area contributed by atoms with Gasteiger partial charge >= 0.3 is 5.82 Å². The van der Waals surface area contributed by atoms with Crippen LogP contribution in [0.4, 0.5) is 0 Å². The van der Waals surface area contributed by atoms with E-state index in [1.807, 2.05) is 0 Å². The molecule has 0 N–H and O–H groups in total. The largest absolute Gasteiger partial charge is 0.358 e. The zero-order valence-electron chi connectivity index (χ0n) is 6.52. The van der Waals surface area contributed by atoms with Crippen molar-refractivity contribution in [2.45, 2.75) is 6.92 Å². The summed E-state index contributed by atoms with van der Waals surface area (Å²) < 4.78 is 0. The van der Waals surface area contributed by atoms with E-state index in [0.717, 1.165) is 11.1 Å². The number of rotatable bonds is 3. The minimum absolute atomic E-state index is 0.0653. The highest BCUT2D eigenvalue weighted by molar-refractivity contribution is 5.93. The Morgan fingerprint density at radius 1 is 1.83 bits per heavy atom. The van der Waals surface area contributed by atoms with Gasteiger partial charge in [0.25, 0.3) is 0 Å². The standard InChI is InChI=1S/C6H8N2O4/c1-2-12-7-4-5(9)3-6(7)8(10)11/h3H,2,4H2,1H3. The minimum Gasteiger partial charge on any atom is -0.358 e. The first-order valence-electron chi connectivity index (χ1n) is 3.44. The number of carbonyl (C=O) groups is 1. The van der Waals surface area contributed by atoms with Crippen molar-refractivity contribution in [2.24, 2.45) is 0 Å². The fourth-order valence-corrected chi connectivity index (χ4v) is 0.896. The van der Waals surface area contributed by atoms with Crippen molar-refractivity contribution in [1.29, 1.82) is 0 Å². The van der Waals surface area contributed by atoms with Crippen molar-refractivity contribution >= 4 is 5.78 Å². The summed E-state index contributed by atoms with van der Waals surface area (Å²) in [5.41, 5.74) is 0. The first kappa shape index (κ1) is 8.66. The smallest absolute Gasteiger partial charge is 0.352 e. The summed E-state index contributed by atoms with van der Waals surface area (Å²) in [6.07, 6.45) is 0.968. The van der Waals surface area contributed by atoms with Crippen LogP contribution < -0.4 is 0 Å². The van der Waals surface area contributed by atoms with E-state index in [9.17, 15) is 14.9 Å². The van der Waals surface area contributed by atoms with Crippen LogP contribution in [0.15, 0.2) is 11.9 Å². The summed E-state index contributed by atoms with van der Waals surface area (Å²) >= 11 is 0. The van der Waals surface area contributed by atoms with Crippen molar-refractivity contribution in [1.82, 2.24) is 5.06 Å². The molecule has 0 unspecified atom stereocenters. The van der Waals surface area contributed by atoms with Gasteiger partial charge in [-0.3, -0.25) is 4.79 Å². The van der Waals surface area contributed by atoms with Gasteiger partial charge in [0.2, 0.25) is 5.78 Å². The Morgan fingerprint density at radius 2 is 2.50 bits per heavy atom. The Morgan fingerprint density at radius 3 is 3.00 bits per heavy atom. The molecule has 1 heterocycles. The lowest BCUT2D eigenvalue weighted by Crippen LogP contribution is -2.25. The van der Waals surface area contributed by atoms with Crippen LogP contribution >= 0.6 is 0 Å². The first-order valence-corrected chi connectivity index (χ1v) is 3.44. The van der Waals surface area contributed by atoms with Gasteiger partial charge in [-0.25, -0.2) is 0 Å². The molecule has 0 spiro atoms. The van der Waals surface area contributed by atoms with Crippen molar-refractivity contribution in [3.8, 4) is 0 Å². The predicted molar refractivity (Wildman–Crippen MR) is 38.4 cm³/mol. The van der Waals surface area contributed by atoms with Gasteiger partial charge in [0.15, 0.2) is 6.54 Å². The minimum atomic E-state index is -0.638. The molecule has 1 rings (SSSR count). The van der Waals surface area contributed by atoms with Crippen LogP contribution in [0.2, 0.25) is 0 Å². The molecule has 1 aliphatic rings. The highest BCUT2D eigenvalue weighted by Crippen LogP contribution is 2.12. The van der Waals surface area contributed by atoms with Gasteiger partial charge in [-0.2, -0.15) is 4.84 Å². The average Bonchev–Trinajstić information content (AvgIpc) is 2.32. The summed E-state index contributed by atoms with van der Waals surface area (Å²) in [5, 5.41) is 11.3. The SMILES string of the molecule is CCON1CC(=O)C=C1[N+](=O)[O-]. The number of hydroxylamine groups is 2. The molecule has 0 fully saturated rings. The normalized spacial score (nSPS) is 16.6. The fourth-order valence-electron chi connectivity index (χ4n) is 0.896. The fraction of sp³-hybridized carbons (Fsp3) is 0.500. The highest BCUT2D eigenvalue weighted by atomic mass is 16.7. The summed E-state index contributed by atoms with van der Waals surface area (Å²) in [6, 6.07) is 0. The molecule has 0 saturated heterocycles. The number of ketones is 1. The molecule has 0 aliphatic carbocycles. The Bertz CT molecular complexity index is 248. The van der Waals surface area contributed by atoms with Gasteiger partial charge in [0, 0.05) is 0 Å². The first-order chi connectivity index (χ1) is 5.65. The molecule has 6 nitrogen and oxygen atoms in total. The number of hydrogen-bond acceptors (Lipinski definition) is 5. The van der Waals surface area contributed by atoms with Crippen LogP contribution in [0, 0.1) is 10.1 Å². The molecule has 6 heteroatoms. The number of nitro groups is 1. The molecule has 0 bridgehead atoms. The van der Waals surface area contributed by atoms with E-state index >= 15 is 0 Å². The Hall–Kier alpha value is -1.43. The van der Waals surface area contributed by atoms with Gasteiger partial charge in [-0.1, -0.05) is 0 Å². The second-order valence-corrected chi connectivity index (χ2v) is 2.18. The Balaban J connectivity index is 2.72. The van der Waals surface area contributed by atoms with Crippen LogP contribution in [0.3, 0.4) is 0 Å². The number of nitrogens with zero attached hydrogens (tertiary/aromatic N) is 2. The third-order valence-electron chi connectivity index (χ3n) is 1.32. The van der Waals surface area contributed by atoms with Gasteiger partial charge in [-0.15, -0.1) is 5.06 Å². The lowest BCUT2D eigenvalue weighted by atomic mass is 10.4. The summed E-state index contributed by atoms with van der Waals surface area (Å²) in [7, 11) is 0. The van der Waals surface area contributed by atoms with Crippen molar-refractivity contribution in [3.63, 3.8) is 0 Å². The maximum absolute atomic E-state index is 10.7. The monoisotopic (exact) mass is 172 g/mol. The molecule has 0 amide bonds. The molecule has 1 aliphatic heterocycles. The summed E-state index contributed by atoms with van der Waals surface area (Å²) in [6.45, 7) is 1.93. The van der Waals surface area contributed by atoms with E-state index in [1.165, 1.54) is 0 Å². The molecule has 12 heavy (non-hydrogen) atoms. The van der Waals surface area contributed by atoms with Gasteiger partial charge < -0.3 is 10.1 Å². The average molecular weight is 172 g/mol. The molecule has 0 atom stereocenters. The Kier molecular flexibility index (Phi) is 2.39.